The van der Waals surface area contributed by atoms with E-state index in [1.165, 1.54) is 12.3 Å². The van der Waals surface area contributed by atoms with Gasteiger partial charge in [-0.2, -0.15) is 4.98 Å². The first-order valence-electron chi connectivity index (χ1n) is 5.73. The zero-order valence-corrected chi connectivity index (χ0v) is 12.4. The van der Waals surface area contributed by atoms with Gasteiger partial charge in [-0.25, -0.2) is 4.79 Å². The summed E-state index contributed by atoms with van der Waals surface area (Å²) in [5.74, 6) is -0.0308. The molecule has 9 N–H and O–H groups in total. The third-order valence-corrected chi connectivity index (χ3v) is 3.34. The van der Waals surface area contributed by atoms with Crippen LogP contribution >= 0.6 is 7.82 Å². The van der Waals surface area contributed by atoms with E-state index in [0.717, 1.165) is 4.57 Å². The van der Waals surface area contributed by atoms with E-state index >= 15 is 0 Å². The van der Waals surface area contributed by atoms with Gasteiger partial charge in [0.2, 0.25) is 0 Å². The number of anilines is 1. The van der Waals surface area contributed by atoms with Crippen molar-refractivity contribution in [2.75, 3.05) is 12.3 Å². The summed E-state index contributed by atoms with van der Waals surface area (Å²) >= 11 is 0. The van der Waals surface area contributed by atoms with Gasteiger partial charge in [-0.15, -0.1) is 0 Å². The number of aliphatic hydroxyl groups excluding tert-OH is 2. The summed E-state index contributed by atoms with van der Waals surface area (Å²) in [5, 5.41) is 19.6. The van der Waals surface area contributed by atoms with E-state index in [-0.39, 0.29) is 12.0 Å². The Balaban J connectivity index is 0.00000242. The molecule has 0 bridgehead atoms. The maximum Gasteiger partial charge on any atom is 0.351 e. The monoisotopic (exact) mass is 340 g/mol. The number of rotatable bonds is 4. The Morgan fingerprint density at radius 1 is 1.50 bits per heavy atom. The molecular formula is C9H17N4O8P. The van der Waals surface area contributed by atoms with Gasteiger partial charge in [-0.1, -0.05) is 0 Å². The molecule has 0 spiro atoms. The van der Waals surface area contributed by atoms with Crippen molar-refractivity contribution in [3.05, 3.63) is 22.7 Å². The van der Waals surface area contributed by atoms with Gasteiger partial charge >= 0.3 is 5.69 Å². The van der Waals surface area contributed by atoms with Crippen molar-refractivity contribution < 1.29 is 33.8 Å². The Hall–Kier alpha value is -1.37. The molecule has 1 unspecified atom stereocenters. The van der Waals surface area contributed by atoms with Gasteiger partial charge in [-0.05, 0) is 6.07 Å². The topological polar surface area (TPSA) is 217 Å². The Morgan fingerprint density at radius 3 is 2.68 bits per heavy atom. The lowest BCUT2D eigenvalue weighted by Gasteiger charge is -2.20. The molecule has 1 aromatic rings. The SMILES string of the molecule is Nc1ccn([C@@H]2O[C@H](COP(=O)([O-])O)[C@@H](O)[C@@H]2O)c(=O)n1.[NH4+]. The van der Waals surface area contributed by atoms with E-state index in [4.69, 9.17) is 15.4 Å². The molecule has 0 aromatic carbocycles. The smallest absolute Gasteiger partial charge is 0.351 e. The lowest BCUT2D eigenvalue weighted by Crippen LogP contribution is -2.36. The minimum Gasteiger partial charge on any atom is -0.756 e. The van der Waals surface area contributed by atoms with Crippen LogP contribution in [0.5, 0.6) is 0 Å². The predicted octanol–water partition coefficient (Wildman–Crippen LogP) is -2.70. The molecule has 1 aliphatic rings. The van der Waals surface area contributed by atoms with Crippen molar-refractivity contribution in [2.45, 2.75) is 24.5 Å². The van der Waals surface area contributed by atoms with Crippen LogP contribution in [-0.2, 0) is 13.8 Å². The third kappa shape index (κ3) is 4.09. The van der Waals surface area contributed by atoms with Gasteiger partial charge in [0.15, 0.2) is 6.23 Å². The second-order valence-electron chi connectivity index (χ2n) is 4.35. The van der Waals surface area contributed by atoms with E-state index < -0.39 is 44.7 Å². The second kappa shape index (κ2) is 6.81. The minimum absolute atomic E-state index is 0. The number of nitrogen functional groups attached to an aromatic ring is 1. The molecule has 1 fully saturated rings. The van der Waals surface area contributed by atoms with Gasteiger partial charge in [0.05, 0.1) is 6.61 Å². The number of nitrogens with zero attached hydrogens (tertiary/aromatic N) is 2. The van der Waals surface area contributed by atoms with Gasteiger partial charge in [-0.3, -0.25) is 9.13 Å². The number of hydrogen-bond acceptors (Lipinski definition) is 9. The van der Waals surface area contributed by atoms with Crippen LogP contribution in [0.1, 0.15) is 6.23 Å². The fourth-order valence-corrected chi connectivity index (χ4v) is 2.22. The van der Waals surface area contributed by atoms with Crippen LogP contribution in [0, 0.1) is 0 Å². The molecule has 2 heterocycles. The van der Waals surface area contributed by atoms with Crippen LogP contribution in [0.4, 0.5) is 5.82 Å². The normalized spacial score (nSPS) is 30.5. The number of ether oxygens (including phenoxy) is 1. The maximum absolute atomic E-state index is 11.6. The Kier molecular flexibility index (Phi) is 5.78. The van der Waals surface area contributed by atoms with Gasteiger partial charge in [0.1, 0.15) is 24.1 Å². The maximum atomic E-state index is 11.6. The molecule has 13 heteroatoms. The molecule has 1 aliphatic heterocycles. The average Bonchev–Trinajstić information content (AvgIpc) is 2.64. The molecule has 0 radical (unpaired) electrons. The predicted molar refractivity (Wildman–Crippen MR) is 70.6 cm³/mol. The van der Waals surface area contributed by atoms with Gasteiger partial charge in [0, 0.05) is 6.20 Å². The summed E-state index contributed by atoms with van der Waals surface area (Å²) in [6, 6.07) is 1.28. The van der Waals surface area contributed by atoms with Crippen LogP contribution in [-0.4, -0.2) is 49.6 Å². The molecule has 0 amide bonds. The highest BCUT2D eigenvalue weighted by Crippen LogP contribution is 2.34. The molecule has 1 saturated heterocycles. The highest BCUT2D eigenvalue weighted by molar-refractivity contribution is 7.44. The highest BCUT2D eigenvalue weighted by atomic mass is 31.2. The second-order valence-corrected chi connectivity index (χ2v) is 5.55. The first kappa shape index (κ1) is 18.7. The quantitative estimate of drug-likeness (QED) is 0.357. The number of phosphoric acid groups is 1. The van der Waals surface area contributed by atoms with Crippen molar-refractivity contribution in [3.8, 4) is 0 Å². The number of nitrogens with two attached hydrogens (primary N) is 1. The summed E-state index contributed by atoms with van der Waals surface area (Å²) in [7, 11) is -4.99. The van der Waals surface area contributed by atoms with Crippen molar-refractivity contribution in [3.63, 3.8) is 0 Å². The van der Waals surface area contributed by atoms with Crippen LogP contribution in [0.15, 0.2) is 17.1 Å². The van der Waals surface area contributed by atoms with E-state index in [2.05, 4.69) is 9.51 Å². The number of phosphoric ester groups is 1. The van der Waals surface area contributed by atoms with Crippen molar-refractivity contribution in [1.82, 2.24) is 15.7 Å². The summed E-state index contributed by atoms with van der Waals surface area (Å²) in [6.45, 7) is -0.719. The Labute approximate surface area is 123 Å². The van der Waals surface area contributed by atoms with Crippen molar-refractivity contribution in [2.24, 2.45) is 0 Å². The Morgan fingerprint density at radius 2 is 2.14 bits per heavy atom. The third-order valence-electron chi connectivity index (χ3n) is 2.86. The molecular weight excluding hydrogens is 323 g/mol. The molecule has 12 nitrogen and oxygen atoms in total. The van der Waals surface area contributed by atoms with Gasteiger partial charge < -0.3 is 41.1 Å². The highest BCUT2D eigenvalue weighted by Gasteiger charge is 2.44. The number of quaternary nitrogens is 1. The van der Waals surface area contributed by atoms with Crippen molar-refractivity contribution >= 4 is 13.6 Å². The van der Waals surface area contributed by atoms with E-state index in [1.807, 2.05) is 0 Å². The van der Waals surface area contributed by atoms with Crippen LogP contribution in [0.3, 0.4) is 0 Å². The number of aliphatic hydroxyl groups is 2. The molecule has 5 atom stereocenters. The summed E-state index contributed by atoms with van der Waals surface area (Å²) in [6.07, 6.45) is -4.39. The van der Waals surface area contributed by atoms with E-state index in [1.54, 1.807) is 0 Å². The zero-order chi connectivity index (χ0) is 15.8. The summed E-state index contributed by atoms with van der Waals surface area (Å²) < 4.78 is 20.7. The van der Waals surface area contributed by atoms with Crippen LogP contribution < -0.4 is 22.5 Å². The van der Waals surface area contributed by atoms with Crippen LogP contribution in [0.2, 0.25) is 0 Å². The minimum atomic E-state index is -4.99. The van der Waals surface area contributed by atoms with E-state index in [0.29, 0.717) is 0 Å². The molecule has 1 aromatic heterocycles. The van der Waals surface area contributed by atoms with Gasteiger partial charge in [0.25, 0.3) is 7.82 Å². The first-order chi connectivity index (χ1) is 9.69. The molecule has 2 rings (SSSR count). The Bertz CT molecular complexity index is 618. The average molecular weight is 340 g/mol. The lowest BCUT2D eigenvalue weighted by molar-refractivity contribution is -0.222. The van der Waals surface area contributed by atoms with Crippen molar-refractivity contribution in [1.29, 1.82) is 0 Å². The standard InChI is InChI=1S/C9H14N3O8P.H3N/c10-5-1-2-12(9(15)11-5)8-7(14)6(13)4(20-8)3-19-21(16,17)18;/h1-2,4,6-8,13-14H,3H2,(H2,10,11,15)(H2,16,17,18);1H3/t4-,6-,7+,8-;/m1./s1. The summed E-state index contributed by atoms with van der Waals surface area (Å²) in [5.41, 5.74) is 4.50. The molecule has 0 aliphatic carbocycles. The number of aromatic nitrogens is 2. The van der Waals surface area contributed by atoms with Crippen LogP contribution in [0.25, 0.3) is 0 Å². The lowest BCUT2D eigenvalue weighted by atomic mass is 10.1. The largest absolute Gasteiger partial charge is 0.756 e. The molecule has 126 valence electrons. The van der Waals surface area contributed by atoms with E-state index in [9.17, 15) is 24.5 Å². The fraction of sp³-hybridized carbons (Fsp3) is 0.556. The summed E-state index contributed by atoms with van der Waals surface area (Å²) in [4.78, 5) is 34.1. The fourth-order valence-electron chi connectivity index (χ4n) is 1.88. The number of hydrogen-bond donors (Lipinski definition) is 5. The molecule has 0 saturated carbocycles. The molecule has 22 heavy (non-hydrogen) atoms. The zero-order valence-electron chi connectivity index (χ0n) is 11.5. The first-order valence-corrected chi connectivity index (χ1v) is 7.23.